The molecule has 2 amide bonds. The van der Waals surface area contributed by atoms with Crippen molar-refractivity contribution in [2.75, 3.05) is 32.4 Å². The van der Waals surface area contributed by atoms with Crippen molar-refractivity contribution < 1.29 is 22.4 Å². The van der Waals surface area contributed by atoms with E-state index in [0.29, 0.717) is 57.4 Å². The molecule has 2 saturated heterocycles. The van der Waals surface area contributed by atoms with Crippen LogP contribution >= 0.6 is 0 Å². The molecule has 9 heteroatoms. The molecular weight excluding hydrogens is 409 g/mol. The summed E-state index contributed by atoms with van der Waals surface area (Å²) >= 11 is 0. The molecule has 166 valence electrons. The van der Waals surface area contributed by atoms with Crippen LogP contribution in [0.3, 0.4) is 0 Å². The van der Waals surface area contributed by atoms with E-state index in [1.807, 2.05) is 0 Å². The predicted molar refractivity (Wildman–Crippen MR) is 112 cm³/mol. The van der Waals surface area contributed by atoms with Crippen LogP contribution in [0.25, 0.3) is 0 Å². The summed E-state index contributed by atoms with van der Waals surface area (Å²) in [5.41, 5.74) is 0.570. The lowest BCUT2D eigenvalue weighted by Crippen LogP contribution is -2.54. The largest absolute Gasteiger partial charge is 0.356 e. The quantitative estimate of drug-likeness (QED) is 0.729. The fraction of sp³-hybridized carbons (Fsp3) is 0.619. The summed E-state index contributed by atoms with van der Waals surface area (Å²) in [6.45, 7) is 1.64. The molecule has 1 aromatic rings. The second-order valence-electron chi connectivity index (χ2n) is 8.12. The molecule has 2 aliphatic rings. The van der Waals surface area contributed by atoms with Crippen molar-refractivity contribution in [3.63, 3.8) is 0 Å². The van der Waals surface area contributed by atoms with Gasteiger partial charge in [0.2, 0.25) is 21.8 Å². The zero-order chi connectivity index (χ0) is 21.7. The number of sulfonamides is 1. The van der Waals surface area contributed by atoms with E-state index < -0.39 is 16.1 Å². The summed E-state index contributed by atoms with van der Waals surface area (Å²) in [7, 11) is -3.42. The third-order valence-electron chi connectivity index (χ3n) is 5.99. The first-order chi connectivity index (χ1) is 14.3. The van der Waals surface area contributed by atoms with E-state index in [0.717, 1.165) is 19.1 Å². The number of halogens is 1. The van der Waals surface area contributed by atoms with E-state index in [-0.39, 0.29) is 23.5 Å². The smallest absolute Gasteiger partial charge is 0.241 e. The highest BCUT2D eigenvalue weighted by atomic mass is 32.2. The van der Waals surface area contributed by atoms with Gasteiger partial charge in [0, 0.05) is 32.1 Å². The molecule has 1 aromatic carbocycles. The highest BCUT2D eigenvalue weighted by Gasteiger charge is 2.38. The first-order valence-corrected chi connectivity index (χ1v) is 12.4. The number of amides is 2. The third-order valence-corrected chi connectivity index (χ3v) is 7.28. The van der Waals surface area contributed by atoms with E-state index in [1.54, 1.807) is 23.1 Å². The molecule has 0 saturated carbocycles. The Balaban J connectivity index is 1.47. The van der Waals surface area contributed by atoms with Gasteiger partial charge < -0.3 is 10.2 Å². The maximum atomic E-state index is 13.7. The lowest BCUT2D eigenvalue weighted by atomic mass is 9.94. The lowest BCUT2D eigenvalue weighted by Gasteiger charge is -2.38. The Labute approximate surface area is 177 Å². The van der Waals surface area contributed by atoms with Crippen LogP contribution in [-0.4, -0.2) is 67.9 Å². The van der Waals surface area contributed by atoms with Crippen molar-refractivity contribution in [1.29, 1.82) is 0 Å². The lowest BCUT2D eigenvalue weighted by molar-refractivity contribution is -0.139. The van der Waals surface area contributed by atoms with Gasteiger partial charge in [-0.2, -0.15) is 4.31 Å². The molecule has 0 radical (unpaired) electrons. The van der Waals surface area contributed by atoms with Gasteiger partial charge in [-0.15, -0.1) is 0 Å². The molecule has 1 N–H and O–H groups in total. The monoisotopic (exact) mass is 439 g/mol. The highest BCUT2D eigenvalue weighted by Crippen LogP contribution is 2.24. The zero-order valence-electron chi connectivity index (χ0n) is 17.3. The van der Waals surface area contributed by atoms with Gasteiger partial charge in [-0.05, 0) is 43.7 Å². The van der Waals surface area contributed by atoms with Gasteiger partial charge in [0.25, 0.3) is 0 Å². The highest BCUT2D eigenvalue weighted by molar-refractivity contribution is 7.88. The molecule has 30 heavy (non-hydrogen) atoms. The predicted octanol–water partition coefficient (Wildman–Crippen LogP) is 1.54. The van der Waals surface area contributed by atoms with Gasteiger partial charge in [0.1, 0.15) is 11.9 Å². The van der Waals surface area contributed by atoms with E-state index in [4.69, 9.17) is 0 Å². The molecule has 1 atom stereocenters. The molecule has 7 nitrogen and oxygen atoms in total. The van der Waals surface area contributed by atoms with E-state index in [1.165, 1.54) is 10.4 Å². The van der Waals surface area contributed by atoms with Crippen molar-refractivity contribution in [1.82, 2.24) is 14.5 Å². The number of likely N-dealkylation sites (tertiary alicyclic amines) is 1. The van der Waals surface area contributed by atoms with E-state index >= 15 is 0 Å². The number of piperidine rings is 2. The molecule has 2 fully saturated rings. The van der Waals surface area contributed by atoms with Crippen LogP contribution < -0.4 is 5.32 Å². The summed E-state index contributed by atoms with van der Waals surface area (Å²) in [6.07, 6.45) is 4.82. The van der Waals surface area contributed by atoms with Crippen LogP contribution in [0.1, 0.15) is 37.7 Å². The second-order valence-corrected chi connectivity index (χ2v) is 10.1. The number of hydrogen-bond donors (Lipinski definition) is 1. The Morgan fingerprint density at radius 2 is 1.80 bits per heavy atom. The number of carbonyl (C=O) groups is 2. The minimum Gasteiger partial charge on any atom is -0.356 e. The Kier molecular flexibility index (Phi) is 7.46. The van der Waals surface area contributed by atoms with Crippen molar-refractivity contribution in [2.24, 2.45) is 5.92 Å². The number of carbonyl (C=O) groups excluding carboxylic acids is 2. The number of hydrogen-bond acceptors (Lipinski definition) is 4. The van der Waals surface area contributed by atoms with Crippen LogP contribution in [-0.2, 0) is 26.0 Å². The first kappa shape index (κ1) is 22.7. The average Bonchev–Trinajstić information content (AvgIpc) is 2.74. The molecule has 2 heterocycles. The van der Waals surface area contributed by atoms with Gasteiger partial charge in [-0.3, -0.25) is 9.59 Å². The SMILES string of the molecule is CS(=O)(=O)N1CCCCC1C(=O)N1CCC(C(=O)NCCc2ccccc2F)CC1. The number of benzene rings is 1. The Morgan fingerprint density at radius 1 is 1.10 bits per heavy atom. The van der Waals surface area contributed by atoms with Crippen LogP contribution in [0.15, 0.2) is 24.3 Å². The second kappa shape index (κ2) is 9.87. The molecule has 0 bridgehead atoms. The Hall–Kier alpha value is -2.00. The first-order valence-electron chi connectivity index (χ1n) is 10.5. The Morgan fingerprint density at radius 3 is 2.47 bits per heavy atom. The van der Waals surface area contributed by atoms with Gasteiger partial charge in [0.05, 0.1) is 6.26 Å². The zero-order valence-corrected chi connectivity index (χ0v) is 18.2. The number of rotatable bonds is 6. The summed E-state index contributed by atoms with van der Waals surface area (Å²) in [4.78, 5) is 27.1. The van der Waals surface area contributed by atoms with Gasteiger partial charge in [-0.1, -0.05) is 24.6 Å². The molecule has 1 unspecified atom stereocenters. The maximum Gasteiger partial charge on any atom is 0.241 e. The number of nitrogens with zero attached hydrogens (tertiary/aromatic N) is 2. The van der Waals surface area contributed by atoms with Gasteiger partial charge >= 0.3 is 0 Å². The van der Waals surface area contributed by atoms with Gasteiger partial charge in [-0.25, -0.2) is 12.8 Å². The normalized spacial score (nSPS) is 21.4. The fourth-order valence-electron chi connectivity index (χ4n) is 4.29. The minimum atomic E-state index is -3.42. The standard InChI is InChI=1S/C21H30FN3O4S/c1-30(28,29)25-13-5-4-8-19(25)21(27)24-14-10-17(11-15-24)20(26)23-12-9-16-6-2-3-7-18(16)22/h2-3,6-7,17,19H,4-5,8-15H2,1H3,(H,23,26). The van der Waals surface area contributed by atoms with Crippen molar-refractivity contribution in [3.05, 3.63) is 35.6 Å². The van der Waals surface area contributed by atoms with Crippen molar-refractivity contribution in [3.8, 4) is 0 Å². The summed E-state index contributed by atoms with van der Waals surface area (Å²) < 4.78 is 39.0. The molecule has 0 aromatic heterocycles. The van der Waals surface area contributed by atoms with E-state index in [2.05, 4.69) is 5.32 Å². The van der Waals surface area contributed by atoms with Crippen LogP contribution in [0.4, 0.5) is 4.39 Å². The molecule has 2 aliphatic heterocycles. The average molecular weight is 440 g/mol. The fourth-order valence-corrected chi connectivity index (χ4v) is 5.41. The topological polar surface area (TPSA) is 86.8 Å². The molecule has 3 rings (SSSR count). The Bertz CT molecular complexity index is 869. The maximum absolute atomic E-state index is 13.7. The van der Waals surface area contributed by atoms with E-state index in [9.17, 15) is 22.4 Å². The van der Waals surface area contributed by atoms with Crippen LogP contribution in [0, 0.1) is 11.7 Å². The van der Waals surface area contributed by atoms with Crippen LogP contribution in [0.2, 0.25) is 0 Å². The summed E-state index contributed by atoms with van der Waals surface area (Å²) in [5.74, 6) is -0.691. The number of nitrogens with one attached hydrogen (secondary N) is 1. The molecular formula is C21H30FN3O4S. The van der Waals surface area contributed by atoms with Crippen molar-refractivity contribution >= 4 is 21.8 Å². The third kappa shape index (κ3) is 5.57. The summed E-state index contributed by atoms with van der Waals surface area (Å²) in [6, 6.07) is 5.89. The minimum absolute atomic E-state index is 0.0751. The molecule has 0 spiro atoms. The van der Waals surface area contributed by atoms with Crippen molar-refractivity contribution in [2.45, 2.75) is 44.6 Å². The molecule has 0 aliphatic carbocycles. The van der Waals surface area contributed by atoms with Gasteiger partial charge in [0.15, 0.2) is 0 Å². The van der Waals surface area contributed by atoms with Crippen LogP contribution in [0.5, 0.6) is 0 Å². The summed E-state index contributed by atoms with van der Waals surface area (Å²) in [5, 5.41) is 2.87.